The lowest BCUT2D eigenvalue weighted by Crippen LogP contribution is -2.38. The van der Waals surface area contributed by atoms with E-state index in [0.717, 1.165) is 42.6 Å². The van der Waals surface area contributed by atoms with Gasteiger partial charge in [0.2, 0.25) is 5.91 Å². The summed E-state index contributed by atoms with van der Waals surface area (Å²) in [6.45, 7) is 0.602. The molecule has 27 heavy (non-hydrogen) atoms. The van der Waals surface area contributed by atoms with E-state index in [2.05, 4.69) is 5.32 Å². The summed E-state index contributed by atoms with van der Waals surface area (Å²) in [5, 5.41) is 2.89. The highest BCUT2D eigenvalue weighted by molar-refractivity contribution is 5.96. The van der Waals surface area contributed by atoms with Crippen molar-refractivity contribution in [1.29, 1.82) is 0 Å². The van der Waals surface area contributed by atoms with Gasteiger partial charge in [-0.05, 0) is 55.5 Å². The first-order valence-corrected chi connectivity index (χ1v) is 9.33. The molecule has 6 nitrogen and oxygen atoms in total. The third kappa shape index (κ3) is 3.89. The molecule has 0 radical (unpaired) electrons. The normalized spacial score (nSPS) is 15.8. The Morgan fingerprint density at radius 3 is 2.81 bits per heavy atom. The standard InChI is InChI=1S/C21H23N3O3/c22-18-7-2-8-19-17(18)6-3-11-24(19)20(25)13-27-16-5-1-4-15(12-16)23-21(26)14-9-10-14/h1-2,4-5,7-8,12,14H,3,6,9-11,13,22H2,(H,23,26). The molecule has 0 atom stereocenters. The van der Waals surface area contributed by atoms with Crippen LogP contribution in [-0.2, 0) is 16.0 Å². The zero-order chi connectivity index (χ0) is 18.8. The minimum absolute atomic E-state index is 0.0470. The van der Waals surface area contributed by atoms with Gasteiger partial charge in [0.05, 0.1) is 0 Å². The molecule has 0 saturated heterocycles. The summed E-state index contributed by atoms with van der Waals surface area (Å²) in [5.41, 5.74) is 9.37. The number of nitrogens with zero attached hydrogens (tertiary/aromatic N) is 1. The minimum atomic E-state index is -0.103. The maximum Gasteiger partial charge on any atom is 0.264 e. The summed E-state index contributed by atoms with van der Waals surface area (Å²) in [4.78, 5) is 26.3. The fraction of sp³-hybridized carbons (Fsp3) is 0.333. The van der Waals surface area contributed by atoms with Gasteiger partial charge in [0.15, 0.2) is 6.61 Å². The van der Waals surface area contributed by atoms with Crippen LogP contribution in [0.15, 0.2) is 42.5 Å². The first kappa shape index (κ1) is 17.4. The van der Waals surface area contributed by atoms with Crippen molar-refractivity contribution in [3.8, 4) is 5.75 Å². The van der Waals surface area contributed by atoms with Crippen LogP contribution in [0.3, 0.4) is 0 Å². The van der Waals surface area contributed by atoms with Crippen molar-refractivity contribution < 1.29 is 14.3 Å². The third-order valence-electron chi connectivity index (χ3n) is 5.00. The second-order valence-electron chi connectivity index (χ2n) is 7.07. The molecule has 1 fully saturated rings. The number of hydrogen-bond donors (Lipinski definition) is 2. The van der Waals surface area contributed by atoms with Crippen LogP contribution in [0.4, 0.5) is 17.1 Å². The molecule has 1 aliphatic carbocycles. The van der Waals surface area contributed by atoms with Crippen LogP contribution in [0.5, 0.6) is 5.75 Å². The quantitative estimate of drug-likeness (QED) is 0.798. The smallest absolute Gasteiger partial charge is 0.264 e. The highest BCUT2D eigenvalue weighted by atomic mass is 16.5. The Labute approximate surface area is 158 Å². The lowest BCUT2D eigenvalue weighted by atomic mass is 10.00. The predicted molar refractivity (Wildman–Crippen MR) is 105 cm³/mol. The average Bonchev–Trinajstić information content (AvgIpc) is 3.52. The van der Waals surface area contributed by atoms with E-state index in [1.165, 1.54) is 0 Å². The van der Waals surface area contributed by atoms with Crippen molar-refractivity contribution >= 4 is 28.9 Å². The molecule has 4 rings (SSSR count). The summed E-state index contributed by atoms with van der Waals surface area (Å²) in [5.74, 6) is 0.643. The van der Waals surface area contributed by atoms with Crippen molar-refractivity contribution in [3.63, 3.8) is 0 Å². The summed E-state index contributed by atoms with van der Waals surface area (Å²) >= 11 is 0. The lowest BCUT2D eigenvalue weighted by molar-refractivity contribution is -0.120. The van der Waals surface area contributed by atoms with E-state index in [4.69, 9.17) is 10.5 Å². The molecule has 0 bridgehead atoms. The Hall–Kier alpha value is -3.02. The van der Waals surface area contributed by atoms with Crippen molar-refractivity contribution in [1.82, 2.24) is 0 Å². The van der Waals surface area contributed by atoms with E-state index in [0.29, 0.717) is 18.0 Å². The molecule has 1 aliphatic heterocycles. The zero-order valence-corrected chi connectivity index (χ0v) is 15.1. The number of nitrogen functional groups attached to an aromatic ring is 1. The van der Waals surface area contributed by atoms with Crippen molar-refractivity contribution in [2.24, 2.45) is 5.92 Å². The van der Waals surface area contributed by atoms with Crippen molar-refractivity contribution in [2.75, 3.05) is 29.1 Å². The number of fused-ring (bicyclic) bond motifs is 1. The van der Waals surface area contributed by atoms with Crippen LogP contribution in [0.1, 0.15) is 24.8 Å². The molecule has 2 aromatic carbocycles. The monoisotopic (exact) mass is 365 g/mol. The number of nitrogens with one attached hydrogen (secondary N) is 1. The van der Waals surface area contributed by atoms with Gasteiger partial charge in [-0.25, -0.2) is 0 Å². The number of ether oxygens (including phenoxy) is 1. The predicted octanol–water partition coefficient (Wildman–Crippen LogP) is 2.98. The topological polar surface area (TPSA) is 84.7 Å². The fourth-order valence-electron chi connectivity index (χ4n) is 3.39. The van der Waals surface area contributed by atoms with E-state index in [-0.39, 0.29) is 24.3 Å². The Morgan fingerprint density at radius 1 is 1.19 bits per heavy atom. The molecular formula is C21H23N3O3. The van der Waals surface area contributed by atoms with E-state index in [1.54, 1.807) is 23.1 Å². The van der Waals surface area contributed by atoms with Crippen LogP contribution in [0.2, 0.25) is 0 Å². The SMILES string of the molecule is Nc1cccc2c1CCCN2C(=O)COc1cccc(NC(=O)C2CC2)c1. The molecule has 1 saturated carbocycles. The number of nitrogens with two attached hydrogens (primary N) is 1. The van der Waals surface area contributed by atoms with E-state index >= 15 is 0 Å². The summed E-state index contributed by atoms with van der Waals surface area (Å²) in [7, 11) is 0. The molecular weight excluding hydrogens is 342 g/mol. The highest BCUT2D eigenvalue weighted by Gasteiger charge is 2.29. The Balaban J connectivity index is 1.40. The molecule has 0 spiro atoms. The van der Waals surface area contributed by atoms with E-state index in [1.807, 2.05) is 24.3 Å². The van der Waals surface area contributed by atoms with Gasteiger partial charge < -0.3 is 20.7 Å². The van der Waals surface area contributed by atoms with E-state index in [9.17, 15) is 9.59 Å². The number of rotatable bonds is 5. The fourth-order valence-corrected chi connectivity index (χ4v) is 3.39. The number of anilines is 3. The molecule has 1 heterocycles. The minimum Gasteiger partial charge on any atom is -0.484 e. The Bertz CT molecular complexity index is 877. The van der Waals surface area contributed by atoms with Gasteiger partial charge in [0.25, 0.3) is 5.91 Å². The van der Waals surface area contributed by atoms with Gasteiger partial charge in [-0.15, -0.1) is 0 Å². The van der Waals surface area contributed by atoms with Gasteiger partial charge in [-0.1, -0.05) is 12.1 Å². The molecule has 3 N–H and O–H groups in total. The van der Waals surface area contributed by atoms with Crippen molar-refractivity contribution in [3.05, 3.63) is 48.0 Å². The first-order valence-electron chi connectivity index (χ1n) is 9.33. The van der Waals surface area contributed by atoms with Crippen LogP contribution in [0, 0.1) is 5.92 Å². The number of benzene rings is 2. The molecule has 0 aromatic heterocycles. The molecule has 2 aliphatic rings. The largest absolute Gasteiger partial charge is 0.484 e. The number of carbonyl (C=O) groups is 2. The number of carbonyl (C=O) groups excluding carboxylic acids is 2. The number of amides is 2. The van der Waals surface area contributed by atoms with Crippen LogP contribution >= 0.6 is 0 Å². The lowest BCUT2D eigenvalue weighted by Gasteiger charge is -2.30. The summed E-state index contributed by atoms with van der Waals surface area (Å²) < 4.78 is 5.69. The Morgan fingerprint density at radius 2 is 2.00 bits per heavy atom. The molecule has 2 aromatic rings. The number of hydrogen-bond acceptors (Lipinski definition) is 4. The zero-order valence-electron chi connectivity index (χ0n) is 15.1. The van der Waals surface area contributed by atoms with Crippen molar-refractivity contribution in [2.45, 2.75) is 25.7 Å². The van der Waals surface area contributed by atoms with Crippen LogP contribution in [-0.4, -0.2) is 25.0 Å². The van der Waals surface area contributed by atoms with Gasteiger partial charge in [0.1, 0.15) is 5.75 Å². The van der Waals surface area contributed by atoms with Gasteiger partial charge in [-0.3, -0.25) is 9.59 Å². The Kier molecular flexibility index (Phi) is 4.71. The second-order valence-corrected chi connectivity index (χ2v) is 7.07. The first-order chi connectivity index (χ1) is 13.1. The molecule has 2 amide bonds. The van der Waals surface area contributed by atoms with Gasteiger partial charge in [0, 0.05) is 35.6 Å². The molecule has 0 unspecified atom stereocenters. The van der Waals surface area contributed by atoms with E-state index < -0.39 is 0 Å². The van der Waals surface area contributed by atoms with Gasteiger partial charge >= 0.3 is 0 Å². The second kappa shape index (κ2) is 7.31. The molecule has 6 heteroatoms. The molecule has 140 valence electrons. The third-order valence-corrected chi connectivity index (χ3v) is 5.00. The maximum absolute atomic E-state index is 12.7. The highest BCUT2D eigenvalue weighted by Crippen LogP contribution is 2.32. The maximum atomic E-state index is 12.7. The summed E-state index contributed by atoms with van der Waals surface area (Å²) in [6.07, 6.45) is 3.68. The van der Waals surface area contributed by atoms with Crippen LogP contribution < -0.4 is 20.7 Å². The average molecular weight is 365 g/mol. The van der Waals surface area contributed by atoms with Gasteiger partial charge in [-0.2, -0.15) is 0 Å². The summed E-state index contributed by atoms with van der Waals surface area (Å²) in [6, 6.07) is 12.8. The van der Waals surface area contributed by atoms with Crippen LogP contribution in [0.25, 0.3) is 0 Å².